The molecular weight excluding hydrogens is 359 g/mol. The molecule has 0 saturated heterocycles. The largest absolute Gasteiger partial charge is 0.495 e. The predicted molar refractivity (Wildman–Crippen MR) is 95.2 cm³/mol. The number of nitrogens with one attached hydrogen (secondary N) is 1. The third-order valence-corrected chi connectivity index (χ3v) is 5.38. The molecule has 26 heavy (non-hydrogen) atoms. The van der Waals surface area contributed by atoms with Crippen molar-refractivity contribution in [3.63, 3.8) is 0 Å². The maximum Gasteiger partial charge on any atom is 0.265 e. The zero-order chi connectivity index (χ0) is 18.9. The Labute approximate surface area is 150 Å². The number of anilines is 1. The Morgan fingerprint density at radius 3 is 2.50 bits per heavy atom. The zero-order valence-corrected chi connectivity index (χ0v) is 15.2. The minimum Gasteiger partial charge on any atom is -0.495 e. The van der Waals surface area contributed by atoms with Gasteiger partial charge in [-0.1, -0.05) is 17.3 Å². The third-order valence-electron chi connectivity index (χ3n) is 3.99. The molecule has 1 heterocycles. The Kier molecular flexibility index (Phi) is 4.69. The Morgan fingerprint density at radius 2 is 1.88 bits per heavy atom. The van der Waals surface area contributed by atoms with Gasteiger partial charge in [-0.3, -0.25) is 4.72 Å². The van der Waals surface area contributed by atoms with Gasteiger partial charge < -0.3 is 9.26 Å². The van der Waals surface area contributed by atoms with Crippen LogP contribution in [0.15, 0.2) is 51.9 Å². The minimum absolute atomic E-state index is 0.130. The number of rotatable bonds is 5. The lowest BCUT2D eigenvalue weighted by Crippen LogP contribution is -2.15. The second-order valence-corrected chi connectivity index (χ2v) is 7.32. The molecule has 1 aromatic heterocycles. The first-order valence-electron chi connectivity index (χ1n) is 7.72. The fourth-order valence-corrected chi connectivity index (χ4v) is 3.72. The fraction of sp³-hybridized carbons (Fsp3) is 0.167. The monoisotopic (exact) mass is 376 g/mol. The minimum atomic E-state index is -4.09. The molecule has 136 valence electrons. The van der Waals surface area contributed by atoms with Crippen molar-refractivity contribution in [1.29, 1.82) is 0 Å². The standard InChI is InChI=1S/C18H17FN2O4S/c1-11-12(2)20-25-18(11)13-8-9-16(24-3)17(10-13)26(22,23)21-15-7-5-4-6-14(15)19/h4-10,21H,1-3H3. The van der Waals surface area contributed by atoms with Crippen LogP contribution >= 0.6 is 0 Å². The second kappa shape index (κ2) is 6.80. The van der Waals surface area contributed by atoms with Gasteiger partial charge in [0.1, 0.15) is 16.5 Å². The summed E-state index contributed by atoms with van der Waals surface area (Å²) in [4.78, 5) is -0.130. The van der Waals surface area contributed by atoms with Crippen LogP contribution in [0.1, 0.15) is 11.3 Å². The lowest BCUT2D eigenvalue weighted by Gasteiger charge is -2.13. The highest BCUT2D eigenvalue weighted by molar-refractivity contribution is 7.92. The molecule has 1 N–H and O–H groups in total. The van der Waals surface area contributed by atoms with Gasteiger partial charge in [-0.15, -0.1) is 0 Å². The van der Waals surface area contributed by atoms with E-state index in [1.807, 2.05) is 6.92 Å². The van der Waals surface area contributed by atoms with E-state index in [4.69, 9.17) is 9.26 Å². The van der Waals surface area contributed by atoms with Gasteiger partial charge in [0.25, 0.3) is 10.0 Å². The number of benzene rings is 2. The van der Waals surface area contributed by atoms with Crippen LogP contribution in [-0.4, -0.2) is 20.7 Å². The summed E-state index contributed by atoms with van der Waals surface area (Å²) < 4.78 is 52.2. The van der Waals surface area contributed by atoms with Gasteiger partial charge in [0.05, 0.1) is 18.5 Å². The highest BCUT2D eigenvalue weighted by atomic mass is 32.2. The van der Waals surface area contributed by atoms with Gasteiger partial charge in [-0.25, -0.2) is 12.8 Å². The molecule has 0 fully saturated rings. The molecule has 6 nitrogen and oxygen atoms in total. The van der Waals surface area contributed by atoms with E-state index >= 15 is 0 Å². The average Bonchev–Trinajstić information content (AvgIpc) is 2.95. The van der Waals surface area contributed by atoms with Crippen molar-refractivity contribution in [3.05, 3.63) is 59.5 Å². The normalized spacial score (nSPS) is 11.4. The molecular formula is C18H17FN2O4S. The first-order valence-corrected chi connectivity index (χ1v) is 9.20. The highest BCUT2D eigenvalue weighted by Crippen LogP contribution is 2.33. The highest BCUT2D eigenvalue weighted by Gasteiger charge is 2.23. The number of aryl methyl sites for hydroxylation is 1. The number of sulfonamides is 1. The van der Waals surface area contributed by atoms with Crippen LogP contribution < -0.4 is 9.46 Å². The number of hydrogen-bond donors (Lipinski definition) is 1. The van der Waals surface area contributed by atoms with Crippen molar-refractivity contribution in [2.24, 2.45) is 0 Å². The number of nitrogens with zero attached hydrogens (tertiary/aromatic N) is 1. The van der Waals surface area contributed by atoms with Crippen molar-refractivity contribution in [2.45, 2.75) is 18.7 Å². The summed E-state index contributed by atoms with van der Waals surface area (Å²) in [5.41, 5.74) is 1.90. The van der Waals surface area contributed by atoms with E-state index < -0.39 is 15.8 Å². The second-order valence-electron chi connectivity index (χ2n) is 5.67. The quantitative estimate of drug-likeness (QED) is 0.730. The Hall–Kier alpha value is -2.87. The van der Waals surface area contributed by atoms with Gasteiger partial charge in [-0.2, -0.15) is 0 Å². The average molecular weight is 376 g/mol. The number of halogens is 1. The lowest BCUT2D eigenvalue weighted by molar-refractivity contribution is 0.402. The van der Waals surface area contributed by atoms with E-state index in [1.54, 1.807) is 13.0 Å². The van der Waals surface area contributed by atoms with Crippen LogP contribution in [0, 0.1) is 19.7 Å². The topological polar surface area (TPSA) is 81.4 Å². The van der Waals surface area contributed by atoms with E-state index in [0.717, 1.165) is 5.56 Å². The fourth-order valence-electron chi connectivity index (χ4n) is 2.46. The van der Waals surface area contributed by atoms with Crippen molar-refractivity contribution >= 4 is 15.7 Å². The number of para-hydroxylation sites is 1. The molecule has 0 aliphatic heterocycles. The lowest BCUT2D eigenvalue weighted by atomic mass is 10.1. The van der Waals surface area contributed by atoms with E-state index in [0.29, 0.717) is 17.0 Å². The molecule has 0 unspecified atom stereocenters. The van der Waals surface area contributed by atoms with Crippen LogP contribution in [0.3, 0.4) is 0 Å². The summed E-state index contributed by atoms with van der Waals surface area (Å²) in [7, 11) is -2.73. The molecule has 8 heteroatoms. The van der Waals surface area contributed by atoms with Crippen LogP contribution in [0.5, 0.6) is 5.75 Å². The summed E-state index contributed by atoms with van der Waals surface area (Å²) in [5.74, 6) is -0.0770. The molecule has 0 radical (unpaired) electrons. The molecule has 3 aromatic rings. The van der Waals surface area contributed by atoms with Gasteiger partial charge >= 0.3 is 0 Å². The van der Waals surface area contributed by atoms with Gasteiger partial charge in [0.15, 0.2) is 5.76 Å². The van der Waals surface area contributed by atoms with Crippen molar-refractivity contribution in [1.82, 2.24) is 5.16 Å². The summed E-state index contributed by atoms with van der Waals surface area (Å²) in [6.45, 7) is 3.63. The third kappa shape index (κ3) is 3.28. The molecule has 0 atom stereocenters. The molecule has 2 aromatic carbocycles. The SMILES string of the molecule is COc1ccc(-c2onc(C)c2C)cc1S(=O)(=O)Nc1ccccc1F. The van der Waals surface area contributed by atoms with Crippen LogP contribution in [0.4, 0.5) is 10.1 Å². The van der Waals surface area contributed by atoms with Crippen molar-refractivity contribution < 1.29 is 22.1 Å². The first-order chi connectivity index (χ1) is 12.3. The Bertz CT molecular complexity index is 1060. The molecule has 0 spiro atoms. The Morgan fingerprint density at radius 1 is 1.15 bits per heavy atom. The van der Waals surface area contributed by atoms with Crippen LogP contribution in [0.25, 0.3) is 11.3 Å². The molecule has 3 rings (SSSR count). The first kappa shape index (κ1) is 17.9. The van der Waals surface area contributed by atoms with Crippen LogP contribution in [0.2, 0.25) is 0 Å². The molecule has 0 aliphatic carbocycles. The van der Waals surface area contributed by atoms with Gasteiger partial charge in [0.2, 0.25) is 0 Å². The van der Waals surface area contributed by atoms with E-state index in [1.165, 1.54) is 43.5 Å². The molecule has 0 aliphatic rings. The molecule has 0 saturated carbocycles. The molecule has 0 amide bonds. The van der Waals surface area contributed by atoms with E-state index in [-0.39, 0.29) is 16.3 Å². The van der Waals surface area contributed by atoms with Crippen molar-refractivity contribution in [3.8, 4) is 17.1 Å². The summed E-state index contributed by atoms with van der Waals surface area (Å²) in [5, 5.41) is 3.89. The Balaban J connectivity index is 2.09. The van der Waals surface area contributed by atoms with Gasteiger partial charge in [-0.05, 0) is 44.2 Å². The maximum absolute atomic E-state index is 13.8. The summed E-state index contributed by atoms with van der Waals surface area (Å²) in [6.07, 6.45) is 0. The summed E-state index contributed by atoms with van der Waals surface area (Å²) in [6, 6.07) is 10.1. The predicted octanol–water partition coefficient (Wildman–Crippen LogP) is 3.91. The number of hydrogen-bond acceptors (Lipinski definition) is 5. The number of ether oxygens (including phenoxy) is 1. The summed E-state index contributed by atoms with van der Waals surface area (Å²) >= 11 is 0. The zero-order valence-electron chi connectivity index (χ0n) is 14.4. The molecule has 0 bridgehead atoms. The van der Waals surface area contributed by atoms with E-state index in [2.05, 4.69) is 9.88 Å². The van der Waals surface area contributed by atoms with E-state index in [9.17, 15) is 12.8 Å². The van der Waals surface area contributed by atoms with Crippen LogP contribution in [-0.2, 0) is 10.0 Å². The smallest absolute Gasteiger partial charge is 0.265 e. The van der Waals surface area contributed by atoms with Gasteiger partial charge in [0, 0.05) is 11.1 Å². The number of methoxy groups -OCH3 is 1. The number of aromatic nitrogens is 1. The maximum atomic E-state index is 13.8. The van der Waals surface area contributed by atoms with Crippen molar-refractivity contribution in [2.75, 3.05) is 11.8 Å².